The van der Waals surface area contributed by atoms with Crippen LogP contribution in [0.5, 0.6) is 0 Å². The predicted molar refractivity (Wildman–Crippen MR) is 124 cm³/mol. The normalized spacial score (nSPS) is 25.2. The maximum Gasteiger partial charge on any atom is 0.226 e. The molecule has 0 spiro atoms. The van der Waals surface area contributed by atoms with Crippen LogP contribution in [0.3, 0.4) is 0 Å². The third-order valence-electron chi connectivity index (χ3n) is 6.39. The lowest BCUT2D eigenvalue weighted by atomic mass is 9.82. The predicted octanol–water partition coefficient (Wildman–Crippen LogP) is 2.64. The molecule has 0 radical (unpaired) electrons. The fourth-order valence-electron chi connectivity index (χ4n) is 5.38. The van der Waals surface area contributed by atoms with Gasteiger partial charge in [-0.3, -0.25) is 9.59 Å². The number of benzene rings is 1. The molecule has 1 fully saturated rings. The molecule has 1 saturated heterocycles. The highest BCUT2D eigenvalue weighted by molar-refractivity contribution is 5.79. The van der Waals surface area contributed by atoms with Crippen molar-refractivity contribution in [3.63, 3.8) is 0 Å². The van der Waals surface area contributed by atoms with E-state index in [1.807, 2.05) is 14.1 Å². The SMILES string of the molecule is CN1C[C@H](C(N)=O)[C@@H](c2ccc(CN(C)C(=O)CC3=CC(C)(C)NC(C)(C)C3)cc2)C1. The molecule has 6 nitrogen and oxygen atoms in total. The van der Waals surface area contributed by atoms with E-state index in [1.165, 1.54) is 5.57 Å². The second-order valence-corrected chi connectivity index (χ2v) is 10.7. The van der Waals surface area contributed by atoms with E-state index in [-0.39, 0.29) is 34.7 Å². The van der Waals surface area contributed by atoms with Crippen molar-refractivity contribution >= 4 is 11.8 Å². The van der Waals surface area contributed by atoms with Crippen molar-refractivity contribution in [1.82, 2.24) is 15.1 Å². The molecular formula is C25H38N4O2. The van der Waals surface area contributed by atoms with Crippen molar-refractivity contribution in [2.45, 2.75) is 64.1 Å². The minimum atomic E-state index is -0.234. The summed E-state index contributed by atoms with van der Waals surface area (Å²) in [5.74, 6) is -0.112. The highest BCUT2D eigenvalue weighted by Gasteiger charge is 2.36. The summed E-state index contributed by atoms with van der Waals surface area (Å²) < 4.78 is 0. The standard InChI is InChI=1S/C25H38N4O2/c1-24(2)12-18(13-25(3,4)27-24)11-22(30)29(6)14-17-7-9-19(10-8-17)20-15-28(5)16-21(20)23(26)31/h7-10,12,20-21,27H,11,13-16H2,1-6H3,(H2,26,31)/t20-,21+/m1/s1. The Morgan fingerprint density at radius 2 is 1.81 bits per heavy atom. The monoisotopic (exact) mass is 426 g/mol. The van der Waals surface area contributed by atoms with Crippen LogP contribution in [0.1, 0.15) is 57.6 Å². The Morgan fingerprint density at radius 1 is 1.16 bits per heavy atom. The van der Waals surface area contributed by atoms with Crippen LogP contribution in [0.15, 0.2) is 35.9 Å². The molecule has 2 aliphatic heterocycles. The van der Waals surface area contributed by atoms with Crippen LogP contribution in [-0.4, -0.2) is 59.9 Å². The van der Waals surface area contributed by atoms with Crippen molar-refractivity contribution in [3.8, 4) is 0 Å². The van der Waals surface area contributed by atoms with Gasteiger partial charge in [0.2, 0.25) is 11.8 Å². The number of nitrogens with two attached hydrogens (primary N) is 1. The van der Waals surface area contributed by atoms with Crippen LogP contribution in [0.25, 0.3) is 0 Å². The number of likely N-dealkylation sites (tertiary alicyclic amines) is 1. The molecule has 1 aromatic carbocycles. The number of carbonyl (C=O) groups excluding carboxylic acids is 2. The number of amides is 2. The van der Waals surface area contributed by atoms with E-state index in [9.17, 15) is 9.59 Å². The van der Waals surface area contributed by atoms with Gasteiger partial charge in [-0.25, -0.2) is 0 Å². The third-order valence-corrected chi connectivity index (χ3v) is 6.39. The van der Waals surface area contributed by atoms with Gasteiger partial charge in [-0.15, -0.1) is 0 Å². The molecule has 2 heterocycles. The summed E-state index contributed by atoms with van der Waals surface area (Å²) in [6.07, 6.45) is 3.53. The van der Waals surface area contributed by atoms with Gasteiger partial charge in [-0.2, -0.15) is 0 Å². The van der Waals surface area contributed by atoms with Gasteiger partial charge in [0, 0.05) is 50.1 Å². The van der Waals surface area contributed by atoms with Gasteiger partial charge >= 0.3 is 0 Å². The van der Waals surface area contributed by atoms with Crippen molar-refractivity contribution < 1.29 is 9.59 Å². The Hall–Kier alpha value is -2.18. The molecule has 2 amide bonds. The molecule has 3 rings (SSSR count). The minimum absolute atomic E-state index is 0.0145. The smallest absolute Gasteiger partial charge is 0.226 e. The van der Waals surface area contributed by atoms with Crippen LogP contribution in [0.2, 0.25) is 0 Å². The topological polar surface area (TPSA) is 78.7 Å². The van der Waals surface area contributed by atoms with Gasteiger partial charge in [0.15, 0.2) is 0 Å². The van der Waals surface area contributed by atoms with Crippen LogP contribution in [0.4, 0.5) is 0 Å². The Labute approximate surface area is 186 Å². The van der Waals surface area contributed by atoms with Crippen LogP contribution >= 0.6 is 0 Å². The summed E-state index contributed by atoms with van der Waals surface area (Å²) >= 11 is 0. The number of hydrogen-bond donors (Lipinski definition) is 2. The van der Waals surface area contributed by atoms with Crippen molar-refractivity contribution in [1.29, 1.82) is 0 Å². The van der Waals surface area contributed by atoms with Crippen molar-refractivity contribution in [2.75, 3.05) is 27.2 Å². The average molecular weight is 427 g/mol. The van der Waals surface area contributed by atoms with Crippen LogP contribution in [-0.2, 0) is 16.1 Å². The first-order valence-corrected chi connectivity index (χ1v) is 11.2. The summed E-state index contributed by atoms with van der Waals surface area (Å²) in [4.78, 5) is 28.6. The maximum absolute atomic E-state index is 12.9. The number of rotatable bonds is 6. The average Bonchev–Trinajstić information content (AvgIpc) is 3.01. The summed E-state index contributed by atoms with van der Waals surface area (Å²) in [6, 6.07) is 8.28. The first kappa shape index (κ1) is 23.5. The number of carbonyl (C=O) groups is 2. The van der Waals surface area contributed by atoms with Gasteiger partial charge < -0.3 is 20.9 Å². The number of likely N-dealkylation sites (N-methyl/N-ethyl adjacent to an activating group) is 1. The number of primary amides is 1. The lowest BCUT2D eigenvalue weighted by Gasteiger charge is -2.41. The van der Waals surface area contributed by atoms with E-state index >= 15 is 0 Å². The number of nitrogens with one attached hydrogen (secondary N) is 1. The zero-order valence-electron chi connectivity index (χ0n) is 19.9. The molecule has 170 valence electrons. The highest BCUT2D eigenvalue weighted by atomic mass is 16.2. The molecule has 0 saturated carbocycles. The minimum Gasteiger partial charge on any atom is -0.369 e. The second kappa shape index (κ2) is 8.75. The lowest BCUT2D eigenvalue weighted by molar-refractivity contribution is -0.129. The molecule has 2 aliphatic rings. The van der Waals surface area contributed by atoms with Crippen LogP contribution < -0.4 is 11.1 Å². The zero-order chi connectivity index (χ0) is 23.0. The van der Waals surface area contributed by atoms with E-state index in [1.54, 1.807) is 4.90 Å². The first-order chi connectivity index (χ1) is 14.3. The van der Waals surface area contributed by atoms with Gasteiger partial charge in [-0.05, 0) is 52.3 Å². The van der Waals surface area contributed by atoms with Crippen molar-refractivity contribution in [2.24, 2.45) is 11.7 Å². The van der Waals surface area contributed by atoms with Crippen molar-refractivity contribution in [3.05, 3.63) is 47.0 Å². The maximum atomic E-state index is 12.9. The molecule has 0 unspecified atom stereocenters. The zero-order valence-corrected chi connectivity index (χ0v) is 19.9. The number of nitrogens with zero attached hydrogens (tertiary/aromatic N) is 2. The fourth-order valence-corrected chi connectivity index (χ4v) is 5.38. The van der Waals surface area contributed by atoms with Gasteiger partial charge in [0.25, 0.3) is 0 Å². The highest BCUT2D eigenvalue weighted by Crippen LogP contribution is 2.32. The molecule has 0 aromatic heterocycles. The lowest BCUT2D eigenvalue weighted by Crippen LogP contribution is -2.54. The number of hydrogen-bond acceptors (Lipinski definition) is 4. The van der Waals surface area contributed by atoms with Gasteiger partial charge in [0.05, 0.1) is 5.92 Å². The van der Waals surface area contributed by atoms with E-state index in [4.69, 9.17) is 5.73 Å². The molecule has 0 bridgehead atoms. The largest absolute Gasteiger partial charge is 0.369 e. The van der Waals surface area contributed by atoms with E-state index in [2.05, 4.69) is 68.3 Å². The Kier molecular flexibility index (Phi) is 6.63. The Bertz CT molecular complexity index is 857. The van der Waals surface area contributed by atoms with E-state index in [0.29, 0.717) is 19.5 Å². The molecule has 3 N–H and O–H groups in total. The first-order valence-electron chi connectivity index (χ1n) is 11.2. The molecule has 0 aliphatic carbocycles. The molecule has 31 heavy (non-hydrogen) atoms. The van der Waals surface area contributed by atoms with Crippen LogP contribution in [0, 0.1) is 5.92 Å². The van der Waals surface area contributed by atoms with Gasteiger partial charge in [0.1, 0.15) is 0 Å². The van der Waals surface area contributed by atoms with E-state index < -0.39 is 0 Å². The van der Waals surface area contributed by atoms with E-state index in [0.717, 1.165) is 24.1 Å². The fraction of sp³-hybridized carbons (Fsp3) is 0.600. The van der Waals surface area contributed by atoms with Gasteiger partial charge in [-0.1, -0.05) is 35.9 Å². The summed E-state index contributed by atoms with van der Waals surface area (Å²) in [6.45, 7) is 10.8. The molecule has 1 aromatic rings. The summed E-state index contributed by atoms with van der Waals surface area (Å²) in [5, 5.41) is 3.61. The molecule has 2 atom stereocenters. The summed E-state index contributed by atoms with van der Waals surface area (Å²) in [5.41, 5.74) is 8.90. The molecule has 6 heteroatoms. The Morgan fingerprint density at radius 3 is 2.39 bits per heavy atom. The quantitative estimate of drug-likeness (QED) is 0.686. The third kappa shape index (κ3) is 5.95. The summed E-state index contributed by atoms with van der Waals surface area (Å²) in [7, 11) is 3.88. The Balaban J connectivity index is 1.62. The second-order valence-electron chi connectivity index (χ2n) is 10.7. The molecular weight excluding hydrogens is 388 g/mol.